The highest BCUT2D eigenvalue weighted by Crippen LogP contribution is 2.34. The number of aliphatic hydroxyl groups is 1. The van der Waals surface area contributed by atoms with Gasteiger partial charge in [0.25, 0.3) is 0 Å². The number of anilines is 1. The smallest absolute Gasteiger partial charge is 0.325 e. The van der Waals surface area contributed by atoms with Gasteiger partial charge in [0.1, 0.15) is 19.8 Å². The largest absolute Gasteiger partial charge is 0.486 e. The first kappa shape index (κ1) is 16.4. The molecule has 2 N–H and O–H groups in total. The SMILES string of the molecule is O=C(CN1CCN(c2ccc3c(c2)OCCO3)C1=O)NCCCO. The van der Waals surface area contributed by atoms with E-state index >= 15 is 0 Å². The third kappa shape index (κ3) is 3.53. The average molecular weight is 335 g/mol. The molecule has 0 spiro atoms. The Labute approximate surface area is 139 Å². The van der Waals surface area contributed by atoms with Crippen LogP contribution in [0.15, 0.2) is 18.2 Å². The van der Waals surface area contributed by atoms with Gasteiger partial charge in [0.15, 0.2) is 11.5 Å². The molecule has 0 bridgehead atoms. The van der Waals surface area contributed by atoms with Gasteiger partial charge in [0.2, 0.25) is 5.91 Å². The molecule has 2 heterocycles. The first-order valence-electron chi connectivity index (χ1n) is 8.02. The van der Waals surface area contributed by atoms with Crippen molar-refractivity contribution in [2.75, 3.05) is 50.9 Å². The summed E-state index contributed by atoms with van der Waals surface area (Å²) >= 11 is 0. The minimum atomic E-state index is -0.221. The molecule has 2 aliphatic heterocycles. The number of carbonyl (C=O) groups excluding carboxylic acids is 2. The second kappa shape index (κ2) is 7.39. The molecule has 1 fully saturated rings. The van der Waals surface area contributed by atoms with Crippen LogP contribution in [0.1, 0.15) is 6.42 Å². The summed E-state index contributed by atoms with van der Waals surface area (Å²) in [6.45, 7) is 2.47. The molecule has 1 aromatic rings. The van der Waals surface area contributed by atoms with Gasteiger partial charge in [-0.3, -0.25) is 9.69 Å². The Morgan fingerprint density at radius 3 is 2.79 bits per heavy atom. The number of carbonyl (C=O) groups is 2. The van der Waals surface area contributed by atoms with Gasteiger partial charge >= 0.3 is 6.03 Å². The first-order valence-corrected chi connectivity index (χ1v) is 8.02. The number of hydrogen-bond acceptors (Lipinski definition) is 5. The van der Waals surface area contributed by atoms with Crippen LogP contribution in [0.2, 0.25) is 0 Å². The van der Waals surface area contributed by atoms with E-state index in [4.69, 9.17) is 14.6 Å². The third-order valence-corrected chi connectivity index (χ3v) is 3.92. The lowest BCUT2D eigenvalue weighted by molar-refractivity contribution is -0.121. The second-order valence-corrected chi connectivity index (χ2v) is 5.61. The minimum Gasteiger partial charge on any atom is -0.486 e. The van der Waals surface area contributed by atoms with Gasteiger partial charge < -0.3 is 24.8 Å². The molecule has 8 nitrogen and oxygen atoms in total. The van der Waals surface area contributed by atoms with E-state index < -0.39 is 0 Å². The highest BCUT2D eigenvalue weighted by molar-refractivity contribution is 5.96. The van der Waals surface area contributed by atoms with Crippen LogP contribution in [-0.2, 0) is 4.79 Å². The maximum Gasteiger partial charge on any atom is 0.325 e. The van der Waals surface area contributed by atoms with E-state index in [-0.39, 0.29) is 25.1 Å². The quantitative estimate of drug-likeness (QED) is 0.725. The summed E-state index contributed by atoms with van der Waals surface area (Å²) in [5.41, 5.74) is 0.729. The molecule has 0 atom stereocenters. The summed E-state index contributed by atoms with van der Waals surface area (Å²) in [6, 6.07) is 5.19. The predicted octanol–water partition coefficient (Wildman–Crippen LogP) is 0.198. The van der Waals surface area contributed by atoms with E-state index in [1.807, 2.05) is 6.07 Å². The van der Waals surface area contributed by atoms with Crippen LogP contribution < -0.4 is 19.7 Å². The standard InChI is InChI=1S/C16H21N3O5/c20-7-1-4-17-15(21)11-18-5-6-19(16(18)22)12-2-3-13-14(10-12)24-9-8-23-13/h2-3,10,20H,1,4-9,11H2,(H,17,21). The maximum absolute atomic E-state index is 12.5. The molecule has 8 heteroatoms. The molecule has 3 rings (SSSR count). The van der Waals surface area contributed by atoms with Gasteiger partial charge in [0, 0.05) is 38.0 Å². The van der Waals surface area contributed by atoms with Crippen LogP contribution in [-0.4, -0.2) is 67.9 Å². The molecule has 0 saturated carbocycles. The molecule has 0 aromatic heterocycles. The zero-order valence-electron chi connectivity index (χ0n) is 13.4. The van der Waals surface area contributed by atoms with E-state index in [0.29, 0.717) is 50.8 Å². The predicted molar refractivity (Wildman–Crippen MR) is 86.5 cm³/mol. The fourth-order valence-corrected chi connectivity index (χ4v) is 2.70. The van der Waals surface area contributed by atoms with E-state index in [1.54, 1.807) is 17.0 Å². The molecular weight excluding hydrogens is 314 g/mol. The number of amides is 3. The van der Waals surface area contributed by atoms with E-state index in [2.05, 4.69) is 5.32 Å². The summed E-state index contributed by atoms with van der Waals surface area (Å²) in [7, 11) is 0. The van der Waals surface area contributed by atoms with Crippen molar-refractivity contribution in [2.45, 2.75) is 6.42 Å². The van der Waals surface area contributed by atoms with Gasteiger partial charge in [-0.15, -0.1) is 0 Å². The Morgan fingerprint density at radius 1 is 1.21 bits per heavy atom. The Bertz CT molecular complexity index is 622. The van der Waals surface area contributed by atoms with Gasteiger partial charge in [-0.1, -0.05) is 0 Å². The monoisotopic (exact) mass is 335 g/mol. The van der Waals surface area contributed by atoms with Crippen LogP contribution in [0.5, 0.6) is 11.5 Å². The van der Waals surface area contributed by atoms with Gasteiger partial charge in [-0.2, -0.15) is 0 Å². The summed E-state index contributed by atoms with van der Waals surface area (Å²) < 4.78 is 11.0. The Kier molecular flexibility index (Phi) is 5.05. The van der Waals surface area contributed by atoms with E-state index in [1.165, 1.54) is 4.90 Å². The number of ether oxygens (including phenoxy) is 2. The Balaban J connectivity index is 1.60. The lowest BCUT2D eigenvalue weighted by Gasteiger charge is -2.22. The number of nitrogens with zero attached hydrogens (tertiary/aromatic N) is 2. The molecule has 0 radical (unpaired) electrons. The Hall–Kier alpha value is -2.48. The topological polar surface area (TPSA) is 91.3 Å². The number of rotatable bonds is 6. The van der Waals surface area contributed by atoms with Crippen molar-refractivity contribution in [3.8, 4) is 11.5 Å². The summed E-state index contributed by atoms with van der Waals surface area (Å²) in [6.07, 6.45) is 0.503. The van der Waals surface area contributed by atoms with E-state index in [9.17, 15) is 9.59 Å². The van der Waals surface area contributed by atoms with Crippen LogP contribution in [0.4, 0.5) is 10.5 Å². The molecule has 1 aromatic carbocycles. The molecule has 24 heavy (non-hydrogen) atoms. The number of benzene rings is 1. The summed E-state index contributed by atoms with van der Waals surface area (Å²) in [5.74, 6) is 1.09. The zero-order valence-corrected chi connectivity index (χ0v) is 13.4. The first-order chi connectivity index (χ1) is 11.7. The molecule has 130 valence electrons. The minimum absolute atomic E-state index is 0.0192. The lowest BCUT2D eigenvalue weighted by Crippen LogP contribution is -2.40. The second-order valence-electron chi connectivity index (χ2n) is 5.61. The van der Waals surface area contributed by atoms with Crippen molar-refractivity contribution in [2.24, 2.45) is 0 Å². The highest BCUT2D eigenvalue weighted by Gasteiger charge is 2.31. The van der Waals surface area contributed by atoms with Crippen molar-refractivity contribution in [1.82, 2.24) is 10.2 Å². The lowest BCUT2D eigenvalue weighted by atomic mass is 10.2. The molecule has 0 unspecified atom stereocenters. The number of nitrogens with one attached hydrogen (secondary N) is 1. The van der Waals surface area contributed by atoms with Gasteiger partial charge in [-0.25, -0.2) is 4.79 Å². The van der Waals surface area contributed by atoms with Crippen LogP contribution in [0.25, 0.3) is 0 Å². The zero-order chi connectivity index (χ0) is 16.9. The Morgan fingerprint density at radius 2 is 2.00 bits per heavy atom. The fourth-order valence-electron chi connectivity index (χ4n) is 2.70. The third-order valence-electron chi connectivity index (χ3n) is 3.92. The molecule has 1 saturated heterocycles. The summed E-state index contributed by atoms with van der Waals surface area (Å²) in [5, 5.41) is 11.4. The molecular formula is C16H21N3O5. The van der Waals surface area contributed by atoms with Crippen molar-refractivity contribution >= 4 is 17.6 Å². The van der Waals surface area contributed by atoms with Crippen LogP contribution in [0, 0.1) is 0 Å². The van der Waals surface area contributed by atoms with Crippen LogP contribution in [0.3, 0.4) is 0 Å². The average Bonchev–Trinajstić information content (AvgIpc) is 2.95. The van der Waals surface area contributed by atoms with Crippen molar-refractivity contribution < 1.29 is 24.2 Å². The van der Waals surface area contributed by atoms with Crippen molar-refractivity contribution in [3.63, 3.8) is 0 Å². The number of aliphatic hydroxyl groups excluding tert-OH is 1. The molecule has 2 aliphatic rings. The van der Waals surface area contributed by atoms with E-state index in [0.717, 1.165) is 5.69 Å². The molecule has 0 aliphatic carbocycles. The van der Waals surface area contributed by atoms with Gasteiger partial charge in [-0.05, 0) is 18.6 Å². The number of hydrogen-bond donors (Lipinski definition) is 2. The number of fused-ring (bicyclic) bond motifs is 1. The highest BCUT2D eigenvalue weighted by atomic mass is 16.6. The normalized spacial score (nSPS) is 16.5. The van der Waals surface area contributed by atoms with Gasteiger partial charge in [0.05, 0.1) is 0 Å². The van der Waals surface area contributed by atoms with Crippen molar-refractivity contribution in [1.29, 1.82) is 0 Å². The number of urea groups is 1. The maximum atomic E-state index is 12.5. The molecule has 3 amide bonds. The fraction of sp³-hybridized carbons (Fsp3) is 0.500. The van der Waals surface area contributed by atoms with Crippen LogP contribution >= 0.6 is 0 Å². The van der Waals surface area contributed by atoms with Crippen molar-refractivity contribution in [3.05, 3.63) is 18.2 Å². The summed E-state index contributed by atoms with van der Waals surface area (Å²) in [4.78, 5) is 27.4.